The number of methoxy groups -OCH3 is 1. The lowest BCUT2D eigenvalue weighted by Crippen LogP contribution is -2.29. The Morgan fingerprint density at radius 1 is 1.56 bits per heavy atom. The van der Waals surface area contributed by atoms with Crippen LogP contribution >= 0.6 is 0 Å². The molecule has 0 atom stereocenters. The molecule has 0 heterocycles. The van der Waals surface area contributed by atoms with Gasteiger partial charge in [-0.15, -0.1) is 0 Å². The molecule has 0 amide bonds. The van der Waals surface area contributed by atoms with E-state index in [0.29, 0.717) is 11.3 Å². The van der Waals surface area contributed by atoms with Crippen molar-refractivity contribution in [2.75, 3.05) is 13.7 Å². The second-order valence-electron chi connectivity index (χ2n) is 2.82. The third-order valence-electron chi connectivity index (χ3n) is 1.74. The zero-order valence-corrected chi connectivity index (χ0v) is 8.54. The predicted molar refractivity (Wildman–Crippen MR) is 52.9 cm³/mol. The Hall–Kier alpha value is -2.24. The molecule has 6 heteroatoms. The minimum absolute atomic E-state index is 0.279. The number of rotatable bonds is 5. The maximum atomic E-state index is 10.2. The van der Waals surface area contributed by atoms with E-state index in [9.17, 15) is 9.90 Å². The first kappa shape index (κ1) is 11.8. The van der Waals surface area contributed by atoms with Gasteiger partial charge in [0.1, 0.15) is 6.61 Å². The number of carbonyl (C=O) groups is 1. The first-order chi connectivity index (χ1) is 7.67. The lowest BCUT2D eigenvalue weighted by molar-refractivity contribution is -0.307. The van der Waals surface area contributed by atoms with E-state index in [4.69, 9.17) is 14.7 Å². The fourth-order valence-electron chi connectivity index (χ4n) is 1.09. The summed E-state index contributed by atoms with van der Waals surface area (Å²) >= 11 is 0. The number of hydrogen-bond acceptors (Lipinski definition) is 6. The minimum Gasteiger partial charge on any atom is -0.546 e. The molecule has 1 aromatic rings. The van der Waals surface area contributed by atoms with Crippen molar-refractivity contribution in [2.45, 2.75) is 0 Å². The second-order valence-corrected chi connectivity index (χ2v) is 2.82. The smallest absolute Gasteiger partial charge is 0.161 e. The number of ether oxygens (including phenoxy) is 2. The Morgan fingerprint density at radius 2 is 2.31 bits per heavy atom. The van der Waals surface area contributed by atoms with Crippen LogP contribution in [0.25, 0.3) is 0 Å². The van der Waals surface area contributed by atoms with Gasteiger partial charge in [0, 0.05) is 5.56 Å². The van der Waals surface area contributed by atoms with E-state index in [1.54, 1.807) is 12.1 Å². The highest BCUT2D eigenvalue weighted by atomic mass is 16.5. The van der Waals surface area contributed by atoms with E-state index in [2.05, 4.69) is 5.16 Å². The van der Waals surface area contributed by atoms with Crippen LogP contribution in [0, 0.1) is 0 Å². The Bertz CT molecular complexity index is 402. The molecule has 0 saturated carbocycles. The van der Waals surface area contributed by atoms with Gasteiger partial charge in [-0.05, 0) is 18.2 Å². The lowest BCUT2D eigenvalue weighted by Gasteiger charge is -2.11. The quantitative estimate of drug-likeness (QED) is 0.418. The molecule has 0 radical (unpaired) electrons. The molecule has 0 spiro atoms. The average molecular weight is 224 g/mol. The van der Waals surface area contributed by atoms with Crippen molar-refractivity contribution < 1.29 is 24.6 Å². The molecule has 0 aliphatic heterocycles. The van der Waals surface area contributed by atoms with Crippen LogP contribution in [0.3, 0.4) is 0 Å². The summed E-state index contributed by atoms with van der Waals surface area (Å²) in [5, 5.41) is 21.4. The zero-order valence-electron chi connectivity index (χ0n) is 8.54. The van der Waals surface area contributed by atoms with Gasteiger partial charge in [0.05, 0.1) is 19.3 Å². The van der Waals surface area contributed by atoms with Gasteiger partial charge in [0.15, 0.2) is 11.5 Å². The number of hydrogen-bond donors (Lipinski definition) is 1. The summed E-state index contributed by atoms with van der Waals surface area (Å²) in [6.45, 7) is -0.552. The third-order valence-corrected chi connectivity index (χ3v) is 1.74. The second kappa shape index (κ2) is 5.59. The summed E-state index contributed by atoms with van der Waals surface area (Å²) in [6, 6.07) is 4.65. The van der Waals surface area contributed by atoms with Crippen molar-refractivity contribution >= 4 is 12.2 Å². The molecule has 0 aromatic heterocycles. The van der Waals surface area contributed by atoms with E-state index in [1.807, 2.05) is 0 Å². The molecule has 0 unspecified atom stereocenters. The van der Waals surface area contributed by atoms with Crippen molar-refractivity contribution in [3.63, 3.8) is 0 Å². The Labute approximate surface area is 91.7 Å². The van der Waals surface area contributed by atoms with Crippen molar-refractivity contribution in [1.82, 2.24) is 0 Å². The van der Waals surface area contributed by atoms with E-state index >= 15 is 0 Å². The van der Waals surface area contributed by atoms with Crippen LogP contribution in [-0.2, 0) is 4.79 Å². The number of carboxylic acid groups (broad SMARTS) is 1. The number of carbonyl (C=O) groups excluding carboxylic acids is 1. The highest BCUT2D eigenvalue weighted by molar-refractivity contribution is 5.80. The van der Waals surface area contributed by atoms with Gasteiger partial charge in [-0.25, -0.2) is 0 Å². The minimum atomic E-state index is -1.32. The third kappa shape index (κ3) is 3.16. The van der Waals surface area contributed by atoms with Crippen LogP contribution in [0.1, 0.15) is 5.56 Å². The number of benzene rings is 1. The van der Waals surface area contributed by atoms with E-state index < -0.39 is 12.6 Å². The van der Waals surface area contributed by atoms with Gasteiger partial charge in [-0.1, -0.05) is 5.16 Å². The highest BCUT2D eigenvalue weighted by Crippen LogP contribution is 2.27. The molecule has 0 fully saturated rings. The monoisotopic (exact) mass is 224 g/mol. The van der Waals surface area contributed by atoms with Crippen LogP contribution in [0.5, 0.6) is 11.5 Å². The molecular formula is C10H10NO5-. The SMILES string of the molecule is COc1cc(/C=N\O)ccc1OCC(=O)[O-]. The molecular weight excluding hydrogens is 214 g/mol. The van der Waals surface area contributed by atoms with Crippen molar-refractivity contribution in [3.05, 3.63) is 23.8 Å². The number of carboxylic acids is 1. The normalized spacial score (nSPS) is 10.3. The Morgan fingerprint density at radius 3 is 2.88 bits per heavy atom. The van der Waals surface area contributed by atoms with Crippen molar-refractivity contribution in [2.24, 2.45) is 5.16 Å². The summed E-state index contributed by atoms with van der Waals surface area (Å²) < 4.78 is 9.91. The summed E-state index contributed by atoms with van der Waals surface area (Å²) in [4.78, 5) is 10.2. The van der Waals surface area contributed by atoms with Crippen LogP contribution < -0.4 is 14.6 Å². The van der Waals surface area contributed by atoms with Crippen molar-refractivity contribution in [1.29, 1.82) is 0 Å². The van der Waals surface area contributed by atoms with Gasteiger partial charge in [-0.2, -0.15) is 0 Å². The summed E-state index contributed by atoms with van der Waals surface area (Å²) in [6.07, 6.45) is 1.21. The highest BCUT2D eigenvalue weighted by Gasteiger charge is 2.04. The zero-order chi connectivity index (χ0) is 12.0. The van der Waals surface area contributed by atoms with Crippen LogP contribution in [0.2, 0.25) is 0 Å². The number of aliphatic carboxylic acids is 1. The standard InChI is InChI=1S/C10H11NO5/c1-15-9-4-7(5-11-14)2-3-8(9)16-6-10(12)13/h2-5,14H,6H2,1H3,(H,12,13)/p-1/b11-5-. The van der Waals surface area contributed by atoms with E-state index in [1.165, 1.54) is 19.4 Å². The fourth-order valence-corrected chi connectivity index (χ4v) is 1.09. The fraction of sp³-hybridized carbons (Fsp3) is 0.200. The van der Waals surface area contributed by atoms with E-state index in [-0.39, 0.29) is 5.75 Å². The van der Waals surface area contributed by atoms with Crippen LogP contribution in [-0.4, -0.2) is 31.1 Å². The predicted octanol–water partition coefficient (Wildman–Crippen LogP) is -0.368. The molecule has 16 heavy (non-hydrogen) atoms. The molecule has 86 valence electrons. The molecule has 0 bridgehead atoms. The largest absolute Gasteiger partial charge is 0.546 e. The Balaban J connectivity index is 2.88. The number of nitrogens with zero attached hydrogens (tertiary/aromatic N) is 1. The summed E-state index contributed by atoms with van der Waals surface area (Å²) in [5.74, 6) is -0.691. The average Bonchev–Trinajstić information content (AvgIpc) is 2.27. The van der Waals surface area contributed by atoms with Gasteiger partial charge >= 0.3 is 0 Å². The molecule has 0 aliphatic rings. The van der Waals surface area contributed by atoms with Crippen molar-refractivity contribution in [3.8, 4) is 11.5 Å². The van der Waals surface area contributed by atoms with Gasteiger partial charge in [0.25, 0.3) is 0 Å². The van der Waals surface area contributed by atoms with Gasteiger partial charge < -0.3 is 24.6 Å². The van der Waals surface area contributed by atoms with Crippen LogP contribution in [0.4, 0.5) is 0 Å². The molecule has 0 aliphatic carbocycles. The Kier molecular flexibility index (Phi) is 4.14. The first-order valence-corrected chi connectivity index (χ1v) is 4.35. The molecule has 6 nitrogen and oxygen atoms in total. The van der Waals surface area contributed by atoms with E-state index in [0.717, 1.165) is 0 Å². The molecule has 0 saturated heterocycles. The molecule has 1 rings (SSSR count). The summed E-state index contributed by atoms with van der Waals surface area (Å²) in [7, 11) is 1.42. The number of oxime groups is 1. The topological polar surface area (TPSA) is 91.2 Å². The van der Waals surface area contributed by atoms with Gasteiger partial charge in [-0.3, -0.25) is 0 Å². The maximum absolute atomic E-state index is 10.2. The first-order valence-electron chi connectivity index (χ1n) is 4.35. The van der Waals surface area contributed by atoms with Gasteiger partial charge in [0.2, 0.25) is 0 Å². The molecule has 1 N–H and O–H groups in total. The lowest BCUT2D eigenvalue weighted by atomic mass is 10.2. The van der Waals surface area contributed by atoms with Crippen LogP contribution in [0.15, 0.2) is 23.4 Å². The molecule has 1 aromatic carbocycles. The summed E-state index contributed by atoms with van der Waals surface area (Å²) in [5.41, 5.74) is 0.597. The maximum Gasteiger partial charge on any atom is 0.161 e.